The van der Waals surface area contributed by atoms with Crippen LogP contribution in [0.25, 0.3) is 0 Å². The van der Waals surface area contributed by atoms with E-state index in [2.05, 4.69) is 29.5 Å². The number of hydrogen-bond acceptors (Lipinski definition) is 3. The third-order valence-electron chi connectivity index (χ3n) is 4.08. The van der Waals surface area contributed by atoms with E-state index in [9.17, 15) is 0 Å². The molecule has 0 aliphatic heterocycles. The van der Waals surface area contributed by atoms with Crippen molar-refractivity contribution in [3.05, 3.63) is 40.9 Å². The van der Waals surface area contributed by atoms with E-state index in [0.29, 0.717) is 0 Å². The van der Waals surface area contributed by atoms with Crippen molar-refractivity contribution in [1.29, 1.82) is 0 Å². The molecule has 0 spiro atoms. The van der Waals surface area contributed by atoms with Gasteiger partial charge >= 0.3 is 0 Å². The number of nitrogens with two attached hydrogens (primary N) is 1. The van der Waals surface area contributed by atoms with Gasteiger partial charge in [-0.15, -0.1) is 0 Å². The van der Waals surface area contributed by atoms with Crippen LogP contribution in [0.2, 0.25) is 0 Å². The lowest BCUT2D eigenvalue weighted by Gasteiger charge is -2.23. The Hall–Kier alpha value is -1.55. The van der Waals surface area contributed by atoms with Gasteiger partial charge in [0.25, 0.3) is 0 Å². The average molecular weight is 259 g/mol. The maximum absolute atomic E-state index is 6.22. The molecule has 0 amide bonds. The highest BCUT2D eigenvalue weighted by Gasteiger charge is 2.26. The Labute approximate surface area is 113 Å². The number of fused-ring (bicyclic) bond motifs is 1. The van der Waals surface area contributed by atoms with Crippen LogP contribution in [-0.2, 0) is 6.42 Å². The average Bonchev–Trinajstić information content (AvgIpc) is 2.93. The van der Waals surface area contributed by atoms with Crippen LogP contribution < -0.4 is 5.73 Å². The predicted octanol–water partition coefficient (Wildman–Crippen LogP) is 3.04. The lowest BCUT2D eigenvalue weighted by Crippen LogP contribution is -2.20. The fourth-order valence-electron chi connectivity index (χ4n) is 3.18. The number of aryl methyl sites for hydroxylation is 2. The second kappa shape index (κ2) is 4.53. The Morgan fingerprint density at radius 2 is 2.26 bits per heavy atom. The molecule has 19 heavy (non-hydrogen) atoms. The van der Waals surface area contributed by atoms with Gasteiger partial charge in [-0.3, -0.25) is 0 Å². The zero-order valence-electron chi connectivity index (χ0n) is 11.8. The SMILES string of the molecule is Cc1cnc(C(C)n2c(C)cc3c2CCCC3N)o1. The highest BCUT2D eigenvalue weighted by atomic mass is 16.4. The van der Waals surface area contributed by atoms with E-state index in [4.69, 9.17) is 10.2 Å². The normalized spacial score (nSPS) is 20.3. The molecule has 0 saturated heterocycles. The minimum atomic E-state index is 0.128. The first-order chi connectivity index (χ1) is 9.08. The van der Waals surface area contributed by atoms with E-state index in [0.717, 1.165) is 30.9 Å². The first kappa shape index (κ1) is 12.5. The summed E-state index contributed by atoms with van der Waals surface area (Å²) in [6.07, 6.45) is 5.13. The predicted molar refractivity (Wildman–Crippen MR) is 74.1 cm³/mol. The van der Waals surface area contributed by atoms with Crippen molar-refractivity contribution < 1.29 is 4.42 Å². The summed E-state index contributed by atoms with van der Waals surface area (Å²) in [5.74, 6) is 1.63. The maximum Gasteiger partial charge on any atom is 0.217 e. The number of nitrogens with zero attached hydrogens (tertiary/aromatic N) is 2. The minimum Gasteiger partial charge on any atom is -0.444 e. The van der Waals surface area contributed by atoms with Crippen LogP contribution in [0.4, 0.5) is 0 Å². The van der Waals surface area contributed by atoms with E-state index in [1.807, 2.05) is 6.92 Å². The van der Waals surface area contributed by atoms with Crippen molar-refractivity contribution in [1.82, 2.24) is 9.55 Å². The quantitative estimate of drug-likeness (QED) is 0.901. The van der Waals surface area contributed by atoms with Crippen LogP contribution in [0.1, 0.15) is 60.5 Å². The second-order valence-corrected chi connectivity index (χ2v) is 5.54. The standard InChI is InChI=1S/C15H21N3O/c1-9-7-12-13(16)5-4-6-14(12)18(9)11(3)15-17-8-10(2)19-15/h7-8,11,13H,4-6,16H2,1-3H3. The van der Waals surface area contributed by atoms with Crippen LogP contribution in [0.15, 0.2) is 16.7 Å². The van der Waals surface area contributed by atoms with Crippen LogP contribution in [0, 0.1) is 13.8 Å². The fourth-order valence-corrected chi connectivity index (χ4v) is 3.18. The summed E-state index contributed by atoms with van der Waals surface area (Å²) in [5, 5.41) is 0. The molecule has 4 heteroatoms. The molecule has 2 unspecified atom stereocenters. The summed E-state index contributed by atoms with van der Waals surface area (Å²) in [4.78, 5) is 4.36. The number of aromatic nitrogens is 2. The van der Waals surface area contributed by atoms with Crippen LogP contribution in [-0.4, -0.2) is 9.55 Å². The molecule has 1 aliphatic rings. The summed E-state index contributed by atoms with van der Waals surface area (Å²) < 4.78 is 8.01. The van der Waals surface area contributed by atoms with Crippen LogP contribution in [0.5, 0.6) is 0 Å². The first-order valence-electron chi connectivity index (χ1n) is 6.96. The molecule has 2 N–H and O–H groups in total. The summed E-state index contributed by atoms with van der Waals surface area (Å²) in [5.41, 5.74) is 10.1. The second-order valence-electron chi connectivity index (χ2n) is 5.54. The fraction of sp³-hybridized carbons (Fsp3) is 0.533. The topological polar surface area (TPSA) is 57.0 Å². The zero-order valence-corrected chi connectivity index (χ0v) is 11.8. The maximum atomic E-state index is 6.22. The van der Waals surface area contributed by atoms with E-state index in [-0.39, 0.29) is 12.1 Å². The van der Waals surface area contributed by atoms with E-state index in [1.54, 1.807) is 6.20 Å². The Balaban J connectivity index is 2.05. The van der Waals surface area contributed by atoms with Gasteiger partial charge in [-0.2, -0.15) is 0 Å². The molecule has 2 atom stereocenters. The smallest absolute Gasteiger partial charge is 0.217 e. The lowest BCUT2D eigenvalue weighted by molar-refractivity contribution is 0.403. The Bertz CT molecular complexity index is 597. The van der Waals surface area contributed by atoms with Gasteiger partial charge in [-0.05, 0) is 51.7 Å². The highest BCUT2D eigenvalue weighted by molar-refractivity contribution is 5.33. The van der Waals surface area contributed by atoms with Gasteiger partial charge in [-0.1, -0.05) is 0 Å². The number of rotatable bonds is 2. The molecule has 2 aromatic rings. The summed E-state index contributed by atoms with van der Waals surface area (Å²) in [7, 11) is 0. The van der Waals surface area contributed by atoms with Gasteiger partial charge < -0.3 is 14.7 Å². The van der Waals surface area contributed by atoms with E-state index in [1.165, 1.54) is 17.0 Å². The summed E-state index contributed by atoms with van der Waals surface area (Å²) >= 11 is 0. The van der Waals surface area contributed by atoms with Crippen molar-refractivity contribution in [3.8, 4) is 0 Å². The molecule has 0 bridgehead atoms. The lowest BCUT2D eigenvalue weighted by atomic mass is 9.93. The van der Waals surface area contributed by atoms with Gasteiger partial charge in [0.05, 0.1) is 6.20 Å². The molecule has 0 fully saturated rings. The van der Waals surface area contributed by atoms with Gasteiger partial charge in [0.1, 0.15) is 11.8 Å². The van der Waals surface area contributed by atoms with Crippen LogP contribution in [0.3, 0.4) is 0 Å². The summed E-state index contributed by atoms with van der Waals surface area (Å²) in [6.45, 7) is 6.20. The largest absolute Gasteiger partial charge is 0.444 e. The Kier molecular flexibility index (Phi) is 2.97. The third kappa shape index (κ3) is 2.00. The molecule has 2 heterocycles. The van der Waals surface area contributed by atoms with Crippen molar-refractivity contribution in [2.24, 2.45) is 5.73 Å². The highest BCUT2D eigenvalue weighted by Crippen LogP contribution is 2.34. The van der Waals surface area contributed by atoms with E-state index < -0.39 is 0 Å². The van der Waals surface area contributed by atoms with Crippen molar-refractivity contribution >= 4 is 0 Å². The minimum absolute atomic E-state index is 0.128. The molecule has 0 aromatic carbocycles. The van der Waals surface area contributed by atoms with Crippen molar-refractivity contribution in [2.75, 3.05) is 0 Å². The Morgan fingerprint density at radius 1 is 1.47 bits per heavy atom. The summed E-state index contributed by atoms with van der Waals surface area (Å²) in [6, 6.07) is 2.54. The first-order valence-corrected chi connectivity index (χ1v) is 6.96. The molecule has 1 aliphatic carbocycles. The zero-order chi connectivity index (χ0) is 13.6. The molecule has 3 rings (SSSR count). The number of hydrogen-bond donors (Lipinski definition) is 1. The third-order valence-corrected chi connectivity index (χ3v) is 4.08. The van der Waals surface area contributed by atoms with E-state index >= 15 is 0 Å². The van der Waals surface area contributed by atoms with Gasteiger partial charge in [0, 0.05) is 17.4 Å². The molecule has 102 valence electrons. The molecular weight excluding hydrogens is 238 g/mol. The molecule has 0 saturated carbocycles. The molecular formula is C15H21N3O. The molecule has 4 nitrogen and oxygen atoms in total. The van der Waals surface area contributed by atoms with Gasteiger partial charge in [0.2, 0.25) is 5.89 Å². The monoisotopic (exact) mass is 259 g/mol. The Morgan fingerprint density at radius 3 is 2.95 bits per heavy atom. The van der Waals surface area contributed by atoms with Crippen molar-refractivity contribution in [2.45, 2.75) is 52.1 Å². The number of oxazole rings is 1. The molecule has 2 aromatic heterocycles. The van der Waals surface area contributed by atoms with Gasteiger partial charge in [0.15, 0.2) is 0 Å². The molecule has 0 radical (unpaired) electrons. The van der Waals surface area contributed by atoms with Crippen LogP contribution >= 0.6 is 0 Å². The van der Waals surface area contributed by atoms with Crippen molar-refractivity contribution in [3.63, 3.8) is 0 Å². The van der Waals surface area contributed by atoms with Gasteiger partial charge in [-0.25, -0.2) is 4.98 Å².